The van der Waals surface area contributed by atoms with Gasteiger partial charge in [0.15, 0.2) is 0 Å². The maximum Gasteiger partial charge on any atom is 0.220 e. The molecule has 2 N–H and O–H groups in total. The van der Waals surface area contributed by atoms with Crippen LogP contribution in [0.15, 0.2) is 36.9 Å². The molecule has 0 aliphatic carbocycles. The van der Waals surface area contributed by atoms with E-state index >= 15 is 0 Å². The van der Waals surface area contributed by atoms with E-state index < -0.39 is 5.60 Å². The van der Waals surface area contributed by atoms with Crippen LogP contribution in [0, 0.1) is 5.82 Å². The van der Waals surface area contributed by atoms with E-state index in [0.29, 0.717) is 24.9 Å². The van der Waals surface area contributed by atoms with Crippen LogP contribution < -0.4 is 5.32 Å². The number of nitrogens with one attached hydrogen (secondary N) is 1. The highest BCUT2D eigenvalue weighted by Gasteiger charge is 2.23. The molecule has 0 saturated heterocycles. The van der Waals surface area contributed by atoms with Crippen molar-refractivity contribution in [3.8, 4) is 0 Å². The fourth-order valence-corrected chi connectivity index (χ4v) is 2.02. The molecule has 0 saturated carbocycles. The molecule has 1 unspecified atom stereocenters. The van der Waals surface area contributed by atoms with Crippen molar-refractivity contribution in [1.29, 1.82) is 0 Å². The molecule has 1 atom stereocenters. The minimum Gasteiger partial charge on any atom is -0.384 e. The molecule has 0 aliphatic rings. The second-order valence-corrected chi connectivity index (χ2v) is 5.32. The van der Waals surface area contributed by atoms with Crippen molar-refractivity contribution in [2.75, 3.05) is 6.54 Å². The first-order valence-electron chi connectivity index (χ1n) is 7.05. The number of hydrogen-bond acceptors (Lipinski definition) is 4. The molecule has 6 nitrogen and oxygen atoms in total. The van der Waals surface area contributed by atoms with Gasteiger partial charge in [-0.15, -0.1) is 0 Å². The lowest BCUT2D eigenvalue weighted by atomic mass is 9.96. The minimum absolute atomic E-state index is 0.0702. The second kappa shape index (κ2) is 7.13. The molecule has 0 radical (unpaired) electrons. The third-order valence-corrected chi connectivity index (χ3v) is 3.35. The standard InChI is InChI=1S/C15H19FN4O2/c1-15(22,12-4-6-13(16)7-5-12)9-18-14(21)3-2-8-20-11-17-10-19-20/h4-7,10-11,22H,2-3,8-9H2,1H3,(H,18,21). The van der Waals surface area contributed by atoms with Gasteiger partial charge in [0, 0.05) is 13.0 Å². The van der Waals surface area contributed by atoms with E-state index in [4.69, 9.17) is 0 Å². The van der Waals surface area contributed by atoms with Crippen molar-refractivity contribution < 1.29 is 14.3 Å². The molecule has 2 aromatic rings. The van der Waals surface area contributed by atoms with Gasteiger partial charge in [-0.25, -0.2) is 9.37 Å². The Balaban J connectivity index is 1.76. The summed E-state index contributed by atoms with van der Waals surface area (Å²) in [4.78, 5) is 15.6. The predicted molar refractivity (Wildman–Crippen MR) is 78.2 cm³/mol. The molecule has 0 aliphatic heterocycles. The quantitative estimate of drug-likeness (QED) is 0.806. The summed E-state index contributed by atoms with van der Waals surface area (Å²) in [6.07, 6.45) is 4.00. The Bertz CT molecular complexity index is 597. The Morgan fingerprint density at radius 2 is 2.14 bits per heavy atom. The lowest BCUT2D eigenvalue weighted by Gasteiger charge is -2.24. The molecule has 0 fully saturated rings. The average molecular weight is 306 g/mol. The summed E-state index contributed by atoms with van der Waals surface area (Å²) in [6, 6.07) is 5.58. The van der Waals surface area contributed by atoms with E-state index in [9.17, 15) is 14.3 Å². The first kappa shape index (κ1) is 16.1. The fourth-order valence-electron chi connectivity index (χ4n) is 2.02. The van der Waals surface area contributed by atoms with Crippen LogP contribution in [0.2, 0.25) is 0 Å². The van der Waals surface area contributed by atoms with Crippen LogP contribution in [-0.2, 0) is 16.9 Å². The van der Waals surface area contributed by atoms with Crippen molar-refractivity contribution in [2.45, 2.75) is 31.9 Å². The zero-order valence-corrected chi connectivity index (χ0v) is 12.4. The van der Waals surface area contributed by atoms with Crippen LogP contribution in [0.4, 0.5) is 4.39 Å². The zero-order chi connectivity index (χ0) is 16.0. The van der Waals surface area contributed by atoms with Crippen LogP contribution in [0.25, 0.3) is 0 Å². The first-order valence-corrected chi connectivity index (χ1v) is 7.05. The predicted octanol–water partition coefficient (Wildman–Crippen LogP) is 1.22. The summed E-state index contributed by atoms with van der Waals surface area (Å²) < 4.78 is 14.5. The van der Waals surface area contributed by atoms with Gasteiger partial charge in [0.25, 0.3) is 0 Å². The number of halogens is 1. The second-order valence-electron chi connectivity index (χ2n) is 5.32. The smallest absolute Gasteiger partial charge is 0.220 e. The molecular weight excluding hydrogens is 287 g/mol. The van der Waals surface area contributed by atoms with Gasteiger partial charge in [-0.3, -0.25) is 9.48 Å². The molecule has 2 rings (SSSR count). The van der Waals surface area contributed by atoms with Crippen molar-refractivity contribution in [1.82, 2.24) is 20.1 Å². The van der Waals surface area contributed by atoms with E-state index in [0.717, 1.165) is 0 Å². The number of carbonyl (C=O) groups is 1. The molecule has 1 amide bonds. The number of benzene rings is 1. The van der Waals surface area contributed by atoms with E-state index in [1.54, 1.807) is 17.9 Å². The van der Waals surface area contributed by atoms with Crippen molar-refractivity contribution in [2.24, 2.45) is 0 Å². The fraction of sp³-hybridized carbons (Fsp3) is 0.400. The highest BCUT2D eigenvalue weighted by molar-refractivity contribution is 5.75. The van der Waals surface area contributed by atoms with Crippen LogP contribution in [0.3, 0.4) is 0 Å². The molecular formula is C15H19FN4O2. The molecule has 1 aromatic heterocycles. The number of aliphatic hydroxyl groups is 1. The van der Waals surface area contributed by atoms with Crippen LogP contribution >= 0.6 is 0 Å². The van der Waals surface area contributed by atoms with Gasteiger partial charge in [-0.2, -0.15) is 5.10 Å². The number of carbonyl (C=O) groups excluding carboxylic acids is 1. The molecule has 1 aromatic carbocycles. The zero-order valence-electron chi connectivity index (χ0n) is 12.4. The minimum atomic E-state index is -1.24. The molecule has 22 heavy (non-hydrogen) atoms. The largest absolute Gasteiger partial charge is 0.384 e. The van der Waals surface area contributed by atoms with E-state index in [1.165, 1.54) is 30.6 Å². The highest BCUT2D eigenvalue weighted by Crippen LogP contribution is 2.19. The summed E-state index contributed by atoms with van der Waals surface area (Å²) in [7, 11) is 0. The molecule has 7 heteroatoms. The normalized spacial score (nSPS) is 13.6. The summed E-state index contributed by atoms with van der Waals surface area (Å²) in [6.45, 7) is 2.26. The maximum absolute atomic E-state index is 12.9. The SMILES string of the molecule is CC(O)(CNC(=O)CCCn1cncn1)c1ccc(F)cc1. The van der Waals surface area contributed by atoms with Crippen LogP contribution in [0.5, 0.6) is 0 Å². The van der Waals surface area contributed by atoms with E-state index in [1.807, 2.05) is 0 Å². The highest BCUT2D eigenvalue weighted by atomic mass is 19.1. The van der Waals surface area contributed by atoms with Crippen molar-refractivity contribution in [3.05, 3.63) is 48.3 Å². The lowest BCUT2D eigenvalue weighted by Crippen LogP contribution is -2.38. The number of aryl methyl sites for hydroxylation is 1. The lowest BCUT2D eigenvalue weighted by molar-refractivity contribution is -0.122. The Hall–Kier alpha value is -2.28. The number of nitrogens with zero attached hydrogens (tertiary/aromatic N) is 3. The summed E-state index contributed by atoms with van der Waals surface area (Å²) in [5.41, 5.74) is -0.688. The van der Waals surface area contributed by atoms with Gasteiger partial charge < -0.3 is 10.4 Å². The Kier molecular flexibility index (Phi) is 5.21. The summed E-state index contributed by atoms with van der Waals surface area (Å²) in [5.74, 6) is -0.515. The Morgan fingerprint density at radius 3 is 2.77 bits per heavy atom. The van der Waals surface area contributed by atoms with Gasteiger partial charge in [0.05, 0.1) is 6.54 Å². The number of amides is 1. The molecule has 0 spiro atoms. The van der Waals surface area contributed by atoms with Gasteiger partial charge in [0.2, 0.25) is 5.91 Å². The Morgan fingerprint density at radius 1 is 1.41 bits per heavy atom. The molecule has 1 heterocycles. The number of rotatable bonds is 7. The number of aromatic nitrogens is 3. The third-order valence-electron chi connectivity index (χ3n) is 3.35. The van der Waals surface area contributed by atoms with Gasteiger partial charge in [-0.1, -0.05) is 12.1 Å². The van der Waals surface area contributed by atoms with Crippen molar-refractivity contribution >= 4 is 5.91 Å². The van der Waals surface area contributed by atoms with E-state index in [2.05, 4.69) is 15.4 Å². The van der Waals surface area contributed by atoms with E-state index in [-0.39, 0.29) is 18.3 Å². The van der Waals surface area contributed by atoms with Crippen LogP contribution in [-0.4, -0.2) is 32.3 Å². The topological polar surface area (TPSA) is 80.0 Å². The van der Waals surface area contributed by atoms with Crippen LogP contribution in [0.1, 0.15) is 25.3 Å². The number of hydrogen-bond donors (Lipinski definition) is 2. The van der Waals surface area contributed by atoms with Crippen molar-refractivity contribution in [3.63, 3.8) is 0 Å². The Labute approximate surface area is 128 Å². The summed E-state index contributed by atoms with van der Waals surface area (Å²) >= 11 is 0. The molecule has 118 valence electrons. The maximum atomic E-state index is 12.9. The van der Waals surface area contributed by atoms with Gasteiger partial charge in [0.1, 0.15) is 24.1 Å². The third kappa shape index (κ3) is 4.63. The van der Waals surface area contributed by atoms with Gasteiger partial charge >= 0.3 is 0 Å². The first-order chi connectivity index (χ1) is 10.5. The monoisotopic (exact) mass is 306 g/mol. The molecule has 0 bridgehead atoms. The summed E-state index contributed by atoms with van der Waals surface area (Å²) in [5, 5.41) is 17.0. The average Bonchev–Trinajstić information content (AvgIpc) is 2.99. The van der Waals surface area contributed by atoms with Gasteiger partial charge in [-0.05, 0) is 31.0 Å².